The first-order valence-electron chi connectivity index (χ1n) is 6.17. The van der Waals surface area contributed by atoms with E-state index in [-0.39, 0.29) is 18.7 Å². The van der Waals surface area contributed by atoms with Crippen molar-refractivity contribution in [3.63, 3.8) is 0 Å². The first-order chi connectivity index (χ1) is 7.99. The van der Waals surface area contributed by atoms with E-state index in [4.69, 9.17) is 22.3 Å². The van der Waals surface area contributed by atoms with Gasteiger partial charge in [0.15, 0.2) is 0 Å². The van der Waals surface area contributed by atoms with E-state index in [1.165, 1.54) is 0 Å². The zero-order chi connectivity index (χ0) is 13.3. The first kappa shape index (κ1) is 16.8. The summed E-state index contributed by atoms with van der Waals surface area (Å²) in [7, 11) is 0. The van der Waals surface area contributed by atoms with E-state index < -0.39 is 12.2 Å². The predicted molar refractivity (Wildman–Crippen MR) is 67.2 cm³/mol. The van der Waals surface area contributed by atoms with Crippen LogP contribution in [-0.2, 0) is 0 Å². The fraction of sp³-hybridized carbons (Fsp3) is 1.00. The van der Waals surface area contributed by atoms with Crippen molar-refractivity contribution in [2.75, 3.05) is 13.2 Å². The van der Waals surface area contributed by atoms with Crippen molar-refractivity contribution in [2.24, 2.45) is 17.2 Å². The van der Waals surface area contributed by atoms with Crippen LogP contribution >= 0.6 is 0 Å². The van der Waals surface area contributed by atoms with Crippen LogP contribution in [0.25, 0.3) is 0 Å². The monoisotopic (exact) mass is 249 g/mol. The summed E-state index contributed by atoms with van der Waals surface area (Å²) in [5.41, 5.74) is 16.8. The van der Waals surface area contributed by atoms with Crippen LogP contribution in [0.3, 0.4) is 0 Å². The Morgan fingerprint density at radius 1 is 0.824 bits per heavy atom. The second kappa shape index (κ2) is 9.76. The number of hydrogen-bond donors (Lipinski definition) is 6. The molecule has 0 aromatic heterocycles. The Bertz CT molecular complexity index is 165. The van der Waals surface area contributed by atoms with Gasteiger partial charge in [0, 0.05) is 18.7 Å². The maximum absolute atomic E-state index is 9.69. The van der Waals surface area contributed by atoms with Gasteiger partial charge in [-0.25, -0.2) is 0 Å². The van der Waals surface area contributed by atoms with Crippen molar-refractivity contribution < 1.29 is 15.3 Å². The highest BCUT2D eigenvalue weighted by atomic mass is 16.3. The lowest BCUT2D eigenvalue weighted by Crippen LogP contribution is -2.35. The number of hydrogen-bond acceptors (Lipinski definition) is 6. The largest absolute Gasteiger partial charge is 0.396 e. The van der Waals surface area contributed by atoms with Crippen LogP contribution < -0.4 is 17.2 Å². The van der Waals surface area contributed by atoms with E-state index in [0.29, 0.717) is 38.6 Å². The quantitative estimate of drug-likeness (QED) is 0.272. The van der Waals surface area contributed by atoms with Crippen LogP contribution in [0.15, 0.2) is 0 Å². The van der Waals surface area contributed by atoms with Gasteiger partial charge < -0.3 is 32.5 Å². The average Bonchev–Trinajstić information content (AvgIpc) is 2.16. The fourth-order valence-corrected chi connectivity index (χ4v) is 1.84. The van der Waals surface area contributed by atoms with Crippen molar-refractivity contribution in [3.05, 3.63) is 0 Å². The summed E-state index contributed by atoms with van der Waals surface area (Å²) in [6, 6.07) is -0.354. The maximum Gasteiger partial charge on any atom is 0.0579 e. The molecule has 0 bridgehead atoms. The zero-order valence-corrected chi connectivity index (χ0v) is 10.3. The summed E-state index contributed by atoms with van der Waals surface area (Å²) in [6.45, 7) is 0.451. The molecule has 0 saturated carbocycles. The summed E-state index contributed by atoms with van der Waals surface area (Å²) >= 11 is 0. The van der Waals surface area contributed by atoms with Crippen LogP contribution in [-0.4, -0.2) is 52.8 Å². The van der Waals surface area contributed by atoms with Gasteiger partial charge in [-0.05, 0) is 38.6 Å². The Morgan fingerprint density at radius 3 is 2.00 bits per heavy atom. The summed E-state index contributed by atoms with van der Waals surface area (Å²) in [4.78, 5) is 0. The van der Waals surface area contributed by atoms with Gasteiger partial charge in [-0.1, -0.05) is 0 Å². The predicted octanol–water partition coefficient (Wildman–Crippen LogP) is -1.74. The van der Waals surface area contributed by atoms with Gasteiger partial charge in [-0.2, -0.15) is 0 Å². The third kappa shape index (κ3) is 9.46. The molecule has 6 heteroatoms. The molecule has 104 valence electrons. The molecule has 4 unspecified atom stereocenters. The van der Waals surface area contributed by atoms with Crippen molar-refractivity contribution in [1.29, 1.82) is 0 Å². The molecule has 0 aromatic carbocycles. The van der Waals surface area contributed by atoms with Gasteiger partial charge in [0.25, 0.3) is 0 Å². The molecule has 0 spiro atoms. The molecular weight excluding hydrogens is 222 g/mol. The standard InChI is InChI=1S/C11H27N3O3/c12-3-1-10(16)7-11(17)6-9(14)5-8(13)2-4-15/h8-11,15-17H,1-7,12-14H2. The lowest BCUT2D eigenvalue weighted by Gasteiger charge is -2.21. The van der Waals surface area contributed by atoms with E-state index >= 15 is 0 Å². The van der Waals surface area contributed by atoms with E-state index in [2.05, 4.69) is 0 Å². The first-order valence-corrected chi connectivity index (χ1v) is 6.17. The molecule has 0 aromatic rings. The van der Waals surface area contributed by atoms with Crippen molar-refractivity contribution >= 4 is 0 Å². The Kier molecular flexibility index (Phi) is 9.62. The van der Waals surface area contributed by atoms with Crippen molar-refractivity contribution in [3.8, 4) is 0 Å². The van der Waals surface area contributed by atoms with E-state index in [1.54, 1.807) is 0 Å². The Hall–Kier alpha value is -0.240. The molecule has 9 N–H and O–H groups in total. The molecule has 4 atom stereocenters. The third-order valence-corrected chi connectivity index (χ3v) is 2.72. The lowest BCUT2D eigenvalue weighted by atomic mass is 9.97. The van der Waals surface area contributed by atoms with Crippen LogP contribution in [0.5, 0.6) is 0 Å². The second-order valence-electron chi connectivity index (χ2n) is 4.62. The molecule has 17 heavy (non-hydrogen) atoms. The lowest BCUT2D eigenvalue weighted by molar-refractivity contribution is 0.0676. The van der Waals surface area contributed by atoms with E-state index in [0.717, 1.165) is 0 Å². The van der Waals surface area contributed by atoms with Gasteiger partial charge in [0.1, 0.15) is 0 Å². The number of nitrogens with two attached hydrogens (primary N) is 3. The Labute approximate surface area is 103 Å². The van der Waals surface area contributed by atoms with E-state index in [1.807, 2.05) is 0 Å². The highest BCUT2D eigenvalue weighted by molar-refractivity contribution is 4.75. The molecule has 0 aliphatic carbocycles. The van der Waals surface area contributed by atoms with Crippen LogP contribution in [0.2, 0.25) is 0 Å². The van der Waals surface area contributed by atoms with Gasteiger partial charge in [-0.3, -0.25) is 0 Å². The molecule has 0 heterocycles. The minimum atomic E-state index is -0.632. The number of aliphatic hydroxyl groups excluding tert-OH is 3. The number of rotatable bonds is 10. The third-order valence-electron chi connectivity index (χ3n) is 2.72. The topological polar surface area (TPSA) is 139 Å². The molecule has 0 saturated heterocycles. The highest BCUT2D eigenvalue weighted by Gasteiger charge is 2.16. The molecule has 0 amide bonds. The smallest absolute Gasteiger partial charge is 0.0579 e. The molecule has 0 fully saturated rings. The minimum Gasteiger partial charge on any atom is -0.396 e. The van der Waals surface area contributed by atoms with Gasteiger partial charge >= 0.3 is 0 Å². The molecule has 0 aliphatic heterocycles. The second-order valence-corrected chi connectivity index (χ2v) is 4.62. The molecule has 0 radical (unpaired) electrons. The van der Waals surface area contributed by atoms with Gasteiger partial charge in [0.05, 0.1) is 12.2 Å². The van der Waals surface area contributed by atoms with Crippen molar-refractivity contribution in [2.45, 2.75) is 56.4 Å². The number of aliphatic hydroxyl groups is 3. The van der Waals surface area contributed by atoms with Gasteiger partial charge in [0.2, 0.25) is 0 Å². The summed E-state index contributed by atoms with van der Waals surface area (Å²) in [5, 5.41) is 27.8. The van der Waals surface area contributed by atoms with Gasteiger partial charge in [-0.15, -0.1) is 0 Å². The van der Waals surface area contributed by atoms with Crippen LogP contribution in [0.4, 0.5) is 0 Å². The normalized spacial score (nSPS) is 18.7. The van der Waals surface area contributed by atoms with Crippen LogP contribution in [0, 0.1) is 0 Å². The highest BCUT2D eigenvalue weighted by Crippen LogP contribution is 2.10. The molecular formula is C11H27N3O3. The molecule has 6 nitrogen and oxygen atoms in total. The summed E-state index contributed by atoms with van der Waals surface area (Å²) in [6.07, 6.45) is 1.04. The zero-order valence-electron chi connectivity index (χ0n) is 10.3. The molecule has 0 rings (SSSR count). The van der Waals surface area contributed by atoms with Crippen molar-refractivity contribution in [1.82, 2.24) is 0 Å². The molecule has 0 aliphatic rings. The average molecular weight is 249 g/mol. The Morgan fingerprint density at radius 2 is 1.47 bits per heavy atom. The summed E-state index contributed by atoms with van der Waals surface area (Å²) in [5.74, 6) is 0. The van der Waals surface area contributed by atoms with E-state index in [9.17, 15) is 10.2 Å². The SMILES string of the molecule is NCCC(O)CC(O)CC(N)CC(N)CCO. The Balaban J connectivity index is 3.74. The van der Waals surface area contributed by atoms with Crippen LogP contribution in [0.1, 0.15) is 32.1 Å². The summed E-state index contributed by atoms with van der Waals surface area (Å²) < 4.78 is 0. The minimum absolute atomic E-state index is 0.0473. The maximum atomic E-state index is 9.69. The fourth-order valence-electron chi connectivity index (χ4n) is 1.84.